The predicted octanol–water partition coefficient (Wildman–Crippen LogP) is -1.27. The molecule has 19 nitrogen and oxygen atoms in total. The third kappa shape index (κ3) is 10.4. The van der Waals surface area contributed by atoms with E-state index in [1.807, 2.05) is 0 Å². The minimum absolute atomic E-state index is 0.0133. The summed E-state index contributed by atoms with van der Waals surface area (Å²) >= 11 is 0. The topological polar surface area (TPSA) is 292 Å². The molecule has 2 heterocycles. The number of hydrogen-bond acceptors (Lipinski definition) is 14. The normalized spacial score (nSPS) is 23.6. The van der Waals surface area contributed by atoms with Crippen molar-refractivity contribution in [2.75, 3.05) is 32.1 Å². The van der Waals surface area contributed by atoms with Crippen molar-refractivity contribution in [3.05, 3.63) is 22.7 Å². The van der Waals surface area contributed by atoms with E-state index in [2.05, 4.69) is 18.1 Å². The Hall–Kier alpha value is -1.56. The molecule has 1 aliphatic heterocycles. The number of phosphoric ester groups is 1. The van der Waals surface area contributed by atoms with Crippen molar-refractivity contribution in [2.45, 2.75) is 31.3 Å². The summed E-state index contributed by atoms with van der Waals surface area (Å²) in [5.74, 6) is -0.828. The summed E-state index contributed by atoms with van der Waals surface area (Å²) in [5, 5.41) is 0. The summed E-state index contributed by atoms with van der Waals surface area (Å²) < 4.78 is 63.0. The second kappa shape index (κ2) is 12.8. The Bertz CT molecular complexity index is 1110. The lowest BCUT2D eigenvalue weighted by Crippen LogP contribution is -2.31. The Morgan fingerprint density at radius 2 is 1.86 bits per heavy atom. The highest BCUT2D eigenvalue weighted by Crippen LogP contribution is 2.66. The Kier molecular flexibility index (Phi) is 10.9. The summed E-state index contributed by atoms with van der Waals surface area (Å²) in [6.45, 7) is -0.475. The number of nitrogen functional groups attached to an aromatic ring is 1. The van der Waals surface area contributed by atoms with Gasteiger partial charge in [-0.15, -0.1) is 0 Å². The molecule has 1 aromatic rings. The molecule has 1 saturated heterocycles. The van der Waals surface area contributed by atoms with E-state index >= 15 is 0 Å². The van der Waals surface area contributed by atoms with Crippen LogP contribution < -0.4 is 17.2 Å². The quantitative estimate of drug-likeness (QED) is 0.0846. The summed E-state index contributed by atoms with van der Waals surface area (Å²) in [6.07, 6.45) is -2.66. The number of rotatable bonds is 14. The number of aromatic nitrogens is 2. The van der Waals surface area contributed by atoms with Crippen molar-refractivity contribution in [2.24, 2.45) is 5.73 Å². The maximum absolute atomic E-state index is 12.2. The molecule has 0 spiro atoms. The zero-order valence-electron chi connectivity index (χ0n) is 18.3. The minimum atomic E-state index is -5.74. The number of ether oxygens (including phenoxy) is 3. The molecule has 2 unspecified atom stereocenters. The maximum atomic E-state index is 12.2. The molecule has 1 aliphatic rings. The number of hydrogen-bond donors (Lipinski definition) is 6. The molecule has 0 aromatic carbocycles. The van der Waals surface area contributed by atoms with Gasteiger partial charge in [-0.3, -0.25) is 13.9 Å². The van der Waals surface area contributed by atoms with Crippen LogP contribution in [0.2, 0.25) is 0 Å². The van der Waals surface area contributed by atoms with Gasteiger partial charge in [0.1, 0.15) is 24.3 Å². The molecule has 0 amide bonds. The molecule has 0 bridgehead atoms. The van der Waals surface area contributed by atoms with E-state index in [4.69, 9.17) is 35.5 Å². The molecule has 36 heavy (non-hydrogen) atoms. The van der Waals surface area contributed by atoms with Gasteiger partial charge in [-0.05, 0) is 6.07 Å². The van der Waals surface area contributed by atoms with Gasteiger partial charge in [0.15, 0.2) is 0 Å². The first-order valence-electron chi connectivity index (χ1n) is 9.86. The third-order valence-electron chi connectivity index (χ3n) is 4.16. The van der Waals surface area contributed by atoms with Gasteiger partial charge in [-0.2, -0.15) is 13.6 Å². The first kappa shape index (κ1) is 30.7. The monoisotopic (exact) mass is 582 g/mol. The zero-order chi connectivity index (χ0) is 27.1. The van der Waals surface area contributed by atoms with E-state index in [1.165, 1.54) is 12.3 Å². The van der Waals surface area contributed by atoms with Gasteiger partial charge in [-0.1, -0.05) is 0 Å². The van der Waals surface area contributed by atoms with Gasteiger partial charge in [0.2, 0.25) is 0 Å². The Morgan fingerprint density at radius 3 is 2.47 bits per heavy atom. The SMILES string of the molecule is NCCOCCC(=O)O[C@H]1C[C@H](n2ccc(N)nc2=O)O[C@@H]1COP(=O)(O)OP(=O)(O)OP(=O)(O)O. The average molecular weight is 582 g/mol. The minimum Gasteiger partial charge on any atom is -0.459 e. The molecule has 1 aromatic heterocycles. The Labute approximate surface area is 202 Å². The summed E-state index contributed by atoms with van der Waals surface area (Å²) in [4.78, 5) is 63.9. The van der Waals surface area contributed by atoms with Gasteiger partial charge in [0.05, 0.1) is 26.2 Å². The Balaban J connectivity index is 2.11. The van der Waals surface area contributed by atoms with E-state index < -0.39 is 60.2 Å². The molecule has 2 rings (SSSR count). The predicted molar refractivity (Wildman–Crippen MR) is 116 cm³/mol. The molecule has 1 fully saturated rings. The van der Waals surface area contributed by atoms with Crippen molar-refractivity contribution in [1.29, 1.82) is 0 Å². The first-order chi connectivity index (χ1) is 16.6. The fraction of sp³-hybridized carbons (Fsp3) is 0.643. The van der Waals surface area contributed by atoms with E-state index in [0.717, 1.165) is 4.57 Å². The number of carbonyl (C=O) groups is 1. The number of carbonyl (C=O) groups excluding carboxylic acids is 1. The second-order valence-electron chi connectivity index (χ2n) is 6.97. The Morgan fingerprint density at radius 1 is 1.17 bits per heavy atom. The number of nitrogens with zero attached hydrogens (tertiary/aromatic N) is 2. The van der Waals surface area contributed by atoms with Crippen molar-refractivity contribution >= 4 is 35.3 Å². The average Bonchev–Trinajstić information content (AvgIpc) is 3.09. The highest BCUT2D eigenvalue weighted by molar-refractivity contribution is 7.66. The zero-order valence-corrected chi connectivity index (χ0v) is 21.0. The van der Waals surface area contributed by atoms with Crippen LogP contribution >= 0.6 is 23.5 Å². The molecule has 5 atom stereocenters. The van der Waals surface area contributed by atoms with Crippen LogP contribution in [0.15, 0.2) is 17.1 Å². The summed E-state index contributed by atoms with van der Waals surface area (Å²) in [6, 6.07) is 1.29. The van der Waals surface area contributed by atoms with Crippen LogP contribution in [-0.2, 0) is 45.8 Å². The fourth-order valence-electron chi connectivity index (χ4n) is 2.83. The van der Waals surface area contributed by atoms with Crippen LogP contribution in [0.5, 0.6) is 0 Å². The summed E-state index contributed by atoms with van der Waals surface area (Å²) in [5.41, 5.74) is 9.92. The van der Waals surface area contributed by atoms with Gasteiger partial charge in [-0.25, -0.2) is 18.5 Å². The maximum Gasteiger partial charge on any atom is 0.490 e. The highest BCUT2D eigenvalue weighted by Gasteiger charge is 2.44. The van der Waals surface area contributed by atoms with Crippen molar-refractivity contribution in [3.8, 4) is 0 Å². The highest BCUT2D eigenvalue weighted by atomic mass is 31.3. The van der Waals surface area contributed by atoms with E-state index in [1.54, 1.807) is 0 Å². The van der Waals surface area contributed by atoms with E-state index in [0.29, 0.717) is 0 Å². The standard InChI is InChI=1S/C14H25N4O15P3/c15-3-6-28-5-2-13(19)31-9-7-12(18-4-1-11(16)17-14(18)20)30-10(9)8-29-35(24,25)33-36(26,27)32-34(21,22)23/h1,4,9-10,12H,2-3,5-8,15H2,(H,24,25)(H,26,27)(H2,16,17,20)(H2,21,22,23)/t9-,10+,12+/m0/s1. The van der Waals surface area contributed by atoms with Crippen LogP contribution in [0.1, 0.15) is 19.1 Å². The lowest BCUT2D eigenvalue weighted by Gasteiger charge is -2.21. The number of phosphoric acid groups is 3. The molecular formula is C14H25N4O15P3. The molecule has 0 radical (unpaired) electrons. The summed E-state index contributed by atoms with van der Waals surface area (Å²) in [7, 11) is -16.8. The number of nitrogens with two attached hydrogens (primary N) is 2. The van der Waals surface area contributed by atoms with Gasteiger partial charge in [0.25, 0.3) is 0 Å². The van der Waals surface area contributed by atoms with Crippen molar-refractivity contribution < 1.29 is 65.4 Å². The van der Waals surface area contributed by atoms with Crippen LogP contribution in [0.25, 0.3) is 0 Å². The fourth-order valence-corrected chi connectivity index (χ4v) is 5.86. The van der Waals surface area contributed by atoms with Gasteiger partial charge < -0.3 is 45.3 Å². The van der Waals surface area contributed by atoms with Gasteiger partial charge in [0, 0.05) is 19.2 Å². The molecule has 0 saturated carbocycles. The van der Waals surface area contributed by atoms with Crippen LogP contribution in [0, 0.1) is 0 Å². The number of anilines is 1. The largest absolute Gasteiger partial charge is 0.490 e. The lowest BCUT2D eigenvalue weighted by atomic mass is 10.2. The van der Waals surface area contributed by atoms with Crippen LogP contribution in [-0.4, -0.2) is 73.7 Å². The molecular weight excluding hydrogens is 557 g/mol. The first-order valence-corrected chi connectivity index (χ1v) is 14.4. The second-order valence-corrected chi connectivity index (χ2v) is 11.4. The third-order valence-corrected chi connectivity index (χ3v) is 7.96. The molecule has 8 N–H and O–H groups in total. The lowest BCUT2D eigenvalue weighted by molar-refractivity contribution is -0.154. The van der Waals surface area contributed by atoms with Crippen LogP contribution in [0.4, 0.5) is 5.82 Å². The van der Waals surface area contributed by atoms with Crippen molar-refractivity contribution in [1.82, 2.24) is 9.55 Å². The molecule has 22 heteroatoms. The van der Waals surface area contributed by atoms with Crippen molar-refractivity contribution in [3.63, 3.8) is 0 Å². The molecule has 0 aliphatic carbocycles. The van der Waals surface area contributed by atoms with Gasteiger partial charge >= 0.3 is 35.1 Å². The molecule has 206 valence electrons. The van der Waals surface area contributed by atoms with E-state index in [9.17, 15) is 33.1 Å². The smallest absolute Gasteiger partial charge is 0.459 e. The number of esters is 1. The van der Waals surface area contributed by atoms with E-state index in [-0.39, 0.29) is 38.4 Å². The van der Waals surface area contributed by atoms with Crippen LogP contribution in [0.3, 0.4) is 0 Å².